The number of nitrogens with one attached hydrogen (secondary N) is 1. The Morgan fingerprint density at radius 2 is 2.57 bits per heavy atom. The fourth-order valence-corrected chi connectivity index (χ4v) is 2.07. The van der Waals surface area contributed by atoms with E-state index in [0.29, 0.717) is 6.04 Å². The van der Waals surface area contributed by atoms with Crippen molar-refractivity contribution in [2.24, 2.45) is 0 Å². The Balaban J connectivity index is 1.96. The number of nitrogens with zero attached hydrogens (tertiary/aromatic N) is 2. The molecule has 1 fully saturated rings. The molecule has 78 valence electrons. The number of aliphatic hydroxyl groups is 1. The number of likely N-dealkylation sites (N-methyl/N-ethyl adjacent to an activating group) is 1. The standard InChI is InChI=1S/C10H17N3O/c1-13-4-2-3-10(13)6-8-5-9(7-14)12-11-8/h5,10,14H,2-4,6-7H2,1H3,(H,11,12). The summed E-state index contributed by atoms with van der Waals surface area (Å²) in [6.07, 6.45) is 3.54. The molecule has 1 aromatic rings. The molecule has 1 saturated heterocycles. The molecule has 1 aliphatic heterocycles. The molecule has 1 aliphatic rings. The van der Waals surface area contributed by atoms with Crippen LogP contribution in [-0.2, 0) is 13.0 Å². The van der Waals surface area contributed by atoms with E-state index in [9.17, 15) is 0 Å². The van der Waals surface area contributed by atoms with Crippen molar-refractivity contribution in [3.05, 3.63) is 17.5 Å². The number of H-pyrrole nitrogens is 1. The molecule has 4 heteroatoms. The Hall–Kier alpha value is -0.870. The average Bonchev–Trinajstić information content (AvgIpc) is 2.77. The minimum absolute atomic E-state index is 0.0491. The highest BCUT2D eigenvalue weighted by molar-refractivity contribution is 5.09. The number of aromatic amines is 1. The third-order valence-corrected chi connectivity index (χ3v) is 2.97. The number of hydrogen-bond acceptors (Lipinski definition) is 3. The van der Waals surface area contributed by atoms with Gasteiger partial charge >= 0.3 is 0 Å². The monoisotopic (exact) mass is 195 g/mol. The first kappa shape index (κ1) is 9.68. The van der Waals surface area contributed by atoms with E-state index in [4.69, 9.17) is 5.11 Å². The zero-order valence-electron chi connectivity index (χ0n) is 8.53. The molecule has 0 aliphatic carbocycles. The molecule has 2 N–H and O–H groups in total. The summed E-state index contributed by atoms with van der Waals surface area (Å²) >= 11 is 0. The molecule has 4 nitrogen and oxygen atoms in total. The maximum Gasteiger partial charge on any atom is 0.0847 e. The molecule has 14 heavy (non-hydrogen) atoms. The topological polar surface area (TPSA) is 52.1 Å². The molecule has 0 bridgehead atoms. The number of rotatable bonds is 3. The molecular weight excluding hydrogens is 178 g/mol. The smallest absolute Gasteiger partial charge is 0.0847 e. The Morgan fingerprint density at radius 1 is 1.71 bits per heavy atom. The fourth-order valence-electron chi connectivity index (χ4n) is 2.07. The lowest BCUT2D eigenvalue weighted by molar-refractivity contribution is 0.276. The average molecular weight is 195 g/mol. The first-order valence-electron chi connectivity index (χ1n) is 5.14. The van der Waals surface area contributed by atoms with Crippen LogP contribution in [0.15, 0.2) is 6.07 Å². The fraction of sp³-hybridized carbons (Fsp3) is 0.700. The lowest BCUT2D eigenvalue weighted by Gasteiger charge is -2.17. The van der Waals surface area contributed by atoms with Crippen LogP contribution in [0.2, 0.25) is 0 Å². The molecule has 2 rings (SSSR count). The van der Waals surface area contributed by atoms with Crippen LogP contribution in [0, 0.1) is 0 Å². The normalized spacial score (nSPS) is 23.1. The summed E-state index contributed by atoms with van der Waals surface area (Å²) in [5.74, 6) is 0. The molecule has 0 spiro atoms. The largest absolute Gasteiger partial charge is 0.390 e. The Bertz CT molecular complexity index is 297. The molecule has 0 radical (unpaired) electrons. The Morgan fingerprint density at radius 3 is 3.14 bits per heavy atom. The SMILES string of the molecule is CN1CCCC1Cc1cc(CO)[nH]n1. The van der Waals surface area contributed by atoms with Gasteiger partial charge in [-0.25, -0.2) is 0 Å². The van der Waals surface area contributed by atoms with Crippen LogP contribution in [-0.4, -0.2) is 39.8 Å². The van der Waals surface area contributed by atoms with Crippen molar-refractivity contribution in [1.29, 1.82) is 0 Å². The van der Waals surface area contributed by atoms with Crippen molar-refractivity contribution in [2.45, 2.75) is 31.9 Å². The van der Waals surface area contributed by atoms with Gasteiger partial charge in [-0.1, -0.05) is 0 Å². The first-order chi connectivity index (χ1) is 6.79. The van der Waals surface area contributed by atoms with Crippen molar-refractivity contribution in [2.75, 3.05) is 13.6 Å². The van der Waals surface area contributed by atoms with Gasteiger partial charge in [-0.2, -0.15) is 5.10 Å². The van der Waals surface area contributed by atoms with Gasteiger partial charge in [-0.05, 0) is 32.5 Å². The molecule has 0 amide bonds. The first-order valence-corrected chi connectivity index (χ1v) is 5.14. The molecule has 1 aromatic heterocycles. The van der Waals surface area contributed by atoms with Crippen LogP contribution in [0.1, 0.15) is 24.2 Å². The van der Waals surface area contributed by atoms with E-state index < -0.39 is 0 Å². The number of likely N-dealkylation sites (tertiary alicyclic amines) is 1. The second kappa shape index (κ2) is 4.11. The van der Waals surface area contributed by atoms with Gasteiger partial charge in [-0.3, -0.25) is 5.10 Å². The van der Waals surface area contributed by atoms with Crippen molar-refractivity contribution in [3.63, 3.8) is 0 Å². The number of aromatic nitrogens is 2. The summed E-state index contributed by atoms with van der Waals surface area (Å²) in [5.41, 5.74) is 1.87. The highest BCUT2D eigenvalue weighted by Crippen LogP contribution is 2.18. The van der Waals surface area contributed by atoms with Crippen LogP contribution in [0.25, 0.3) is 0 Å². The Labute approximate surface area is 83.9 Å². The highest BCUT2D eigenvalue weighted by atomic mass is 16.3. The van der Waals surface area contributed by atoms with Crippen LogP contribution < -0.4 is 0 Å². The van der Waals surface area contributed by atoms with Crippen LogP contribution in [0.3, 0.4) is 0 Å². The van der Waals surface area contributed by atoms with Gasteiger partial charge in [0.2, 0.25) is 0 Å². The summed E-state index contributed by atoms with van der Waals surface area (Å²) in [5, 5.41) is 15.9. The van der Waals surface area contributed by atoms with E-state index in [-0.39, 0.29) is 6.61 Å². The van der Waals surface area contributed by atoms with E-state index in [1.807, 2.05) is 6.07 Å². The van der Waals surface area contributed by atoms with E-state index in [1.165, 1.54) is 19.4 Å². The van der Waals surface area contributed by atoms with Gasteiger partial charge in [0, 0.05) is 12.5 Å². The predicted octanol–water partition coefficient (Wildman–Crippen LogP) is 0.539. The summed E-state index contributed by atoms with van der Waals surface area (Å²) in [6.45, 7) is 1.25. The maximum atomic E-state index is 8.88. The maximum absolute atomic E-state index is 8.88. The summed E-state index contributed by atoms with van der Waals surface area (Å²) in [6, 6.07) is 2.58. The highest BCUT2D eigenvalue weighted by Gasteiger charge is 2.21. The van der Waals surface area contributed by atoms with E-state index >= 15 is 0 Å². The third-order valence-electron chi connectivity index (χ3n) is 2.97. The van der Waals surface area contributed by atoms with Crippen molar-refractivity contribution in [1.82, 2.24) is 15.1 Å². The van der Waals surface area contributed by atoms with E-state index in [0.717, 1.165) is 17.8 Å². The Kier molecular flexibility index (Phi) is 2.84. The molecule has 2 heterocycles. The third kappa shape index (κ3) is 1.96. The van der Waals surface area contributed by atoms with E-state index in [1.54, 1.807) is 0 Å². The minimum Gasteiger partial charge on any atom is -0.390 e. The van der Waals surface area contributed by atoms with Crippen LogP contribution in [0.4, 0.5) is 0 Å². The van der Waals surface area contributed by atoms with Gasteiger partial charge in [-0.15, -0.1) is 0 Å². The summed E-state index contributed by atoms with van der Waals surface area (Å²) in [4.78, 5) is 2.38. The van der Waals surface area contributed by atoms with Gasteiger partial charge < -0.3 is 10.0 Å². The molecule has 0 saturated carbocycles. The zero-order chi connectivity index (χ0) is 9.97. The molecule has 1 atom stereocenters. The lowest BCUT2D eigenvalue weighted by atomic mass is 10.1. The summed E-state index contributed by atoms with van der Waals surface area (Å²) < 4.78 is 0. The van der Waals surface area contributed by atoms with Gasteiger partial charge in [0.25, 0.3) is 0 Å². The molecule has 0 aromatic carbocycles. The second-order valence-corrected chi connectivity index (χ2v) is 4.02. The second-order valence-electron chi connectivity index (χ2n) is 4.02. The van der Waals surface area contributed by atoms with Crippen molar-refractivity contribution in [3.8, 4) is 0 Å². The summed E-state index contributed by atoms with van der Waals surface area (Å²) in [7, 11) is 2.16. The lowest BCUT2D eigenvalue weighted by Crippen LogP contribution is -2.26. The van der Waals surface area contributed by atoms with Crippen molar-refractivity contribution >= 4 is 0 Å². The van der Waals surface area contributed by atoms with E-state index in [2.05, 4.69) is 22.1 Å². The number of hydrogen-bond donors (Lipinski definition) is 2. The van der Waals surface area contributed by atoms with Crippen LogP contribution in [0.5, 0.6) is 0 Å². The predicted molar refractivity (Wildman–Crippen MR) is 53.9 cm³/mol. The van der Waals surface area contributed by atoms with Gasteiger partial charge in [0.15, 0.2) is 0 Å². The van der Waals surface area contributed by atoms with Gasteiger partial charge in [0.05, 0.1) is 18.0 Å². The van der Waals surface area contributed by atoms with Crippen LogP contribution >= 0.6 is 0 Å². The van der Waals surface area contributed by atoms with Gasteiger partial charge in [0.1, 0.15) is 0 Å². The molecule has 1 unspecified atom stereocenters. The molecular formula is C10H17N3O. The minimum atomic E-state index is 0.0491. The quantitative estimate of drug-likeness (QED) is 0.740. The number of aliphatic hydroxyl groups excluding tert-OH is 1. The van der Waals surface area contributed by atoms with Crippen molar-refractivity contribution < 1.29 is 5.11 Å². The zero-order valence-corrected chi connectivity index (χ0v) is 8.53.